The molecule has 3 N–H and O–H groups in total. The molecule has 0 aliphatic heterocycles. The molecule has 0 saturated carbocycles. The molecule has 4 nitrogen and oxygen atoms in total. The summed E-state index contributed by atoms with van der Waals surface area (Å²) in [7, 11) is 0. The highest BCUT2D eigenvalue weighted by atomic mass is 79.9. The first kappa shape index (κ1) is 15.4. The highest BCUT2D eigenvalue weighted by Gasteiger charge is 2.12. The number of hydrogen-bond donors (Lipinski definition) is 2. The van der Waals surface area contributed by atoms with Gasteiger partial charge in [0.05, 0.1) is 5.56 Å². The molecule has 110 valence electrons. The molecule has 0 bridgehead atoms. The zero-order valence-corrected chi connectivity index (χ0v) is 13.3. The van der Waals surface area contributed by atoms with E-state index in [1.54, 1.807) is 6.07 Å². The van der Waals surface area contributed by atoms with E-state index in [1.807, 2.05) is 18.2 Å². The number of anilines is 1. The Morgan fingerprint density at radius 2 is 1.95 bits per heavy atom. The van der Waals surface area contributed by atoms with E-state index in [1.165, 1.54) is 12.1 Å². The third-order valence-corrected chi connectivity index (χ3v) is 3.57. The number of aromatic carboxylic acids is 1. The van der Waals surface area contributed by atoms with Crippen molar-refractivity contribution >= 4 is 27.6 Å². The van der Waals surface area contributed by atoms with Gasteiger partial charge in [-0.1, -0.05) is 29.8 Å². The molecule has 21 heavy (non-hydrogen) atoms. The lowest BCUT2D eigenvalue weighted by Gasteiger charge is -2.15. The summed E-state index contributed by atoms with van der Waals surface area (Å²) in [4.78, 5) is 10.9. The van der Waals surface area contributed by atoms with Crippen LogP contribution in [0, 0.1) is 0 Å². The van der Waals surface area contributed by atoms with Crippen LogP contribution in [0.1, 0.15) is 35.7 Å². The van der Waals surface area contributed by atoms with Crippen LogP contribution >= 0.6 is 15.9 Å². The van der Waals surface area contributed by atoms with Gasteiger partial charge in [0.25, 0.3) is 0 Å². The second-order valence-electron chi connectivity index (χ2n) is 4.99. The largest absolute Gasteiger partial charge is 0.478 e. The van der Waals surface area contributed by atoms with Crippen molar-refractivity contribution in [2.24, 2.45) is 0 Å². The molecule has 0 unspecified atom stereocenters. The molecule has 0 aliphatic rings. The molecule has 0 amide bonds. The number of rotatable bonds is 4. The quantitative estimate of drug-likeness (QED) is 0.788. The van der Waals surface area contributed by atoms with Gasteiger partial charge >= 0.3 is 5.97 Å². The highest BCUT2D eigenvalue weighted by molar-refractivity contribution is 9.10. The van der Waals surface area contributed by atoms with Gasteiger partial charge in [-0.25, -0.2) is 4.79 Å². The number of hydrogen-bond acceptors (Lipinski definition) is 3. The maximum atomic E-state index is 10.9. The van der Waals surface area contributed by atoms with Crippen LogP contribution in [0.3, 0.4) is 0 Å². The van der Waals surface area contributed by atoms with E-state index < -0.39 is 5.97 Å². The van der Waals surface area contributed by atoms with Crippen molar-refractivity contribution in [2.45, 2.75) is 19.8 Å². The molecule has 0 fully saturated rings. The first-order chi connectivity index (χ1) is 9.88. The molecule has 2 aromatic carbocycles. The minimum atomic E-state index is -1.05. The van der Waals surface area contributed by atoms with E-state index in [-0.39, 0.29) is 11.3 Å². The van der Waals surface area contributed by atoms with Crippen molar-refractivity contribution in [1.82, 2.24) is 0 Å². The lowest BCUT2D eigenvalue weighted by molar-refractivity contribution is 0.0698. The molecule has 0 atom stereocenters. The summed E-state index contributed by atoms with van der Waals surface area (Å²) in [6, 6.07) is 10.4. The molecule has 2 rings (SSSR count). The number of benzene rings is 2. The highest BCUT2D eigenvalue weighted by Crippen LogP contribution is 2.33. The van der Waals surface area contributed by atoms with E-state index in [2.05, 4.69) is 29.8 Å². The Bertz CT molecular complexity index is 683. The number of carboxylic acids is 1. The first-order valence-corrected chi connectivity index (χ1v) is 7.28. The number of halogens is 1. The standard InChI is InChI=1S/C16H16BrNO3/c1-9(2)13-7-10(17)3-6-15(13)21-11-4-5-12(16(19)20)14(18)8-11/h3-9H,18H2,1-2H3,(H,19,20). The molecule has 5 heteroatoms. The van der Waals surface area contributed by atoms with Crippen molar-refractivity contribution in [1.29, 1.82) is 0 Å². The Kier molecular flexibility index (Phi) is 4.53. The van der Waals surface area contributed by atoms with Crippen LogP contribution in [-0.4, -0.2) is 11.1 Å². The minimum Gasteiger partial charge on any atom is -0.478 e. The summed E-state index contributed by atoms with van der Waals surface area (Å²) in [5.74, 6) is 0.496. The normalized spacial score (nSPS) is 10.7. The van der Waals surface area contributed by atoms with E-state index in [4.69, 9.17) is 15.6 Å². The molecule has 2 aromatic rings. The fourth-order valence-corrected chi connectivity index (χ4v) is 2.37. The fourth-order valence-electron chi connectivity index (χ4n) is 1.99. The Labute approximate surface area is 131 Å². The predicted octanol–water partition coefficient (Wildman–Crippen LogP) is 4.65. The summed E-state index contributed by atoms with van der Waals surface area (Å²) in [6.07, 6.45) is 0. The molecule has 0 heterocycles. The van der Waals surface area contributed by atoms with Crippen LogP contribution in [0.2, 0.25) is 0 Å². The van der Waals surface area contributed by atoms with Crippen LogP contribution < -0.4 is 10.5 Å². The van der Waals surface area contributed by atoms with Gasteiger partial charge in [0, 0.05) is 16.2 Å². The summed E-state index contributed by atoms with van der Waals surface area (Å²) >= 11 is 3.45. The summed E-state index contributed by atoms with van der Waals surface area (Å²) < 4.78 is 6.83. The first-order valence-electron chi connectivity index (χ1n) is 6.48. The molecule has 0 saturated heterocycles. The molecule has 0 spiro atoms. The van der Waals surface area contributed by atoms with Crippen LogP contribution in [0.4, 0.5) is 5.69 Å². The lowest BCUT2D eigenvalue weighted by Crippen LogP contribution is -2.02. The predicted molar refractivity (Wildman–Crippen MR) is 86.1 cm³/mol. The fraction of sp³-hybridized carbons (Fsp3) is 0.188. The maximum absolute atomic E-state index is 10.9. The van der Waals surface area contributed by atoms with E-state index in [9.17, 15) is 4.79 Å². The lowest BCUT2D eigenvalue weighted by atomic mass is 10.0. The SMILES string of the molecule is CC(C)c1cc(Br)ccc1Oc1ccc(C(=O)O)c(N)c1. The second kappa shape index (κ2) is 6.18. The van der Waals surface area contributed by atoms with Crippen molar-refractivity contribution < 1.29 is 14.6 Å². The number of nitrogens with two attached hydrogens (primary N) is 1. The van der Waals surface area contributed by atoms with Gasteiger partial charge < -0.3 is 15.6 Å². The molecular weight excluding hydrogens is 334 g/mol. The van der Waals surface area contributed by atoms with Crippen LogP contribution in [0.15, 0.2) is 40.9 Å². The van der Waals surface area contributed by atoms with E-state index in [0.717, 1.165) is 15.8 Å². The third kappa shape index (κ3) is 3.55. The summed E-state index contributed by atoms with van der Waals surface area (Å²) in [5, 5.41) is 8.97. The average Bonchev–Trinajstić information content (AvgIpc) is 2.40. The average molecular weight is 350 g/mol. The molecular formula is C16H16BrNO3. The monoisotopic (exact) mass is 349 g/mol. The Morgan fingerprint density at radius 1 is 1.24 bits per heavy atom. The van der Waals surface area contributed by atoms with E-state index >= 15 is 0 Å². The molecule has 0 aliphatic carbocycles. The Balaban J connectivity index is 2.34. The van der Waals surface area contributed by atoms with Crippen molar-refractivity contribution in [2.75, 3.05) is 5.73 Å². The second-order valence-corrected chi connectivity index (χ2v) is 5.91. The number of carbonyl (C=O) groups is 1. The van der Waals surface area contributed by atoms with Crippen LogP contribution in [0.5, 0.6) is 11.5 Å². The summed E-state index contributed by atoms with van der Waals surface area (Å²) in [6.45, 7) is 4.16. The van der Waals surface area contributed by atoms with Gasteiger partial charge in [-0.2, -0.15) is 0 Å². The summed E-state index contributed by atoms with van der Waals surface area (Å²) in [5.41, 5.74) is 7.05. The molecule has 0 aromatic heterocycles. The van der Waals surface area contributed by atoms with Gasteiger partial charge in [0.15, 0.2) is 0 Å². The van der Waals surface area contributed by atoms with Gasteiger partial charge in [-0.3, -0.25) is 0 Å². The number of carboxylic acid groups (broad SMARTS) is 1. The van der Waals surface area contributed by atoms with E-state index in [0.29, 0.717) is 11.7 Å². The Morgan fingerprint density at radius 3 is 2.52 bits per heavy atom. The topological polar surface area (TPSA) is 72.5 Å². The zero-order chi connectivity index (χ0) is 15.6. The van der Waals surface area contributed by atoms with Gasteiger partial charge in [-0.15, -0.1) is 0 Å². The smallest absolute Gasteiger partial charge is 0.337 e. The van der Waals surface area contributed by atoms with Gasteiger partial charge in [-0.05, 0) is 41.8 Å². The molecule has 0 radical (unpaired) electrons. The number of nitrogen functional groups attached to an aromatic ring is 1. The van der Waals surface area contributed by atoms with Gasteiger partial charge in [0.1, 0.15) is 11.5 Å². The zero-order valence-electron chi connectivity index (χ0n) is 11.8. The van der Waals surface area contributed by atoms with Crippen molar-refractivity contribution in [3.63, 3.8) is 0 Å². The minimum absolute atomic E-state index is 0.0715. The van der Waals surface area contributed by atoms with Crippen molar-refractivity contribution in [3.05, 3.63) is 52.0 Å². The van der Waals surface area contributed by atoms with Crippen molar-refractivity contribution in [3.8, 4) is 11.5 Å². The van der Waals surface area contributed by atoms with Crippen LogP contribution in [0.25, 0.3) is 0 Å². The Hall–Kier alpha value is -2.01. The maximum Gasteiger partial charge on any atom is 0.337 e. The third-order valence-electron chi connectivity index (χ3n) is 3.08. The number of ether oxygens (including phenoxy) is 1. The van der Waals surface area contributed by atoms with Gasteiger partial charge in [0.2, 0.25) is 0 Å². The van der Waals surface area contributed by atoms with Crippen LogP contribution in [-0.2, 0) is 0 Å².